The van der Waals surface area contributed by atoms with Gasteiger partial charge in [-0.1, -0.05) is 23.4 Å². The number of aromatic nitrogens is 2. The predicted molar refractivity (Wildman–Crippen MR) is 136 cm³/mol. The monoisotopic (exact) mass is 523 g/mol. The van der Waals surface area contributed by atoms with Crippen molar-refractivity contribution >= 4 is 10.0 Å². The molecule has 2 aromatic carbocycles. The van der Waals surface area contributed by atoms with Crippen molar-refractivity contribution in [3.05, 3.63) is 53.1 Å². The molecule has 1 aliphatic heterocycles. The van der Waals surface area contributed by atoms with Gasteiger partial charge in [-0.2, -0.15) is 10.2 Å². The third-order valence-corrected chi connectivity index (χ3v) is 8.03. The highest BCUT2D eigenvalue weighted by Crippen LogP contribution is 2.38. The zero-order chi connectivity index (χ0) is 26.2. The first kappa shape index (κ1) is 25.4. The Balaban J connectivity index is 1.36. The summed E-state index contributed by atoms with van der Waals surface area (Å²) >= 11 is 0. The number of fused-ring (bicyclic) bond motifs is 1. The summed E-state index contributed by atoms with van der Waals surface area (Å²) in [7, 11) is -3.68. The highest BCUT2D eigenvalue weighted by atomic mass is 32.2. The summed E-state index contributed by atoms with van der Waals surface area (Å²) in [5, 5.41) is 23.9. The number of benzene rings is 2. The van der Waals surface area contributed by atoms with Crippen LogP contribution in [0.2, 0.25) is 0 Å². The molecule has 0 bridgehead atoms. The summed E-state index contributed by atoms with van der Waals surface area (Å²) in [4.78, 5) is 6.31. The Bertz CT molecular complexity index is 1440. The van der Waals surface area contributed by atoms with E-state index in [2.05, 4.69) is 20.9 Å². The van der Waals surface area contributed by atoms with Crippen LogP contribution in [0.4, 0.5) is 0 Å². The maximum absolute atomic E-state index is 12.7. The number of hydrogen-bond acceptors (Lipinski definition) is 9. The maximum Gasteiger partial charge on any atom is 0.258 e. The average Bonchev–Trinajstić information content (AvgIpc) is 3.45. The van der Waals surface area contributed by atoms with Gasteiger partial charge >= 0.3 is 0 Å². The van der Waals surface area contributed by atoms with Crippen molar-refractivity contribution in [3.63, 3.8) is 0 Å². The fourth-order valence-electron chi connectivity index (χ4n) is 4.75. The van der Waals surface area contributed by atoms with Crippen LogP contribution in [0.5, 0.6) is 5.75 Å². The summed E-state index contributed by atoms with van der Waals surface area (Å²) in [5.74, 6) is 0.811. The molecule has 3 aromatic rings. The number of likely N-dealkylation sites (tertiary alicyclic amines) is 1. The van der Waals surface area contributed by atoms with Crippen molar-refractivity contribution < 1.29 is 22.8 Å². The third-order valence-electron chi connectivity index (χ3n) is 6.65. The van der Waals surface area contributed by atoms with E-state index in [9.17, 15) is 18.8 Å². The van der Waals surface area contributed by atoms with E-state index < -0.39 is 16.3 Å². The van der Waals surface area contributed by atoms with Gasteiger partial charge in [-0.3, -0.25) is 4.90 Å². The van der Waals surface area contributed by atoms with Gasteiger partial charge in [0.25, 0.3) is 5.89 Å². The van der Waals surface area contributed by atoms with Crippen molar-refractivity contribution in [2.45, 2.75) is 51.5 Å². The summed E-state index contributed by atoms with van der Waals surface area (Å²) in [5.41, 5.74) is 3.58. The van der Waals surface area contributed by atoms with Gasteiger partial charge in [0.15, 0.2) is 0 Å². The molecular weight excluding hydrogens is 494 g/mol. The van der Waals surface area contributed by atoms with Crippen LogP contribution in [0, 0.1) is 11.3 Å². The van der Waals surface area contributed by atoms with Crippen LogP contribution in [0.25, 0.3) is 22.8 Å². The van der Waals surface area contributed by atoms with Gasteiger partial charge in [-0.25, -0.2) is 13.1 Å². The Hall–Kier alpha value is -3.30. The smallest absolute Gasteiger partial charge is 0.258 e. The summed E-state index contributed by atoms with van der Waals surface area (Å²) in [6, 6.07) is 12.5. The number of aliphatic hydroxyl groups excluding tert-OH is 1. The molecule has 2 N–H and O–H groups in total. The molecule has 0 amide bonds. The lowest BCUT2D eigenvalue weighted by Gasteiger charge is -2.35. The van der Waals surface area contributed by atoms with E-state index in [0.29, 0.717) is 48.6 Å². The predicted octanol–water partition coefficient (Wildman–Crippen LogP) is 2.99. The van der Waals surface area contributed by atoms with E-state index in [1.807, 2.05) is 32.0 Å². The largest absolute Gasteiger partial charge is 0.490 e. The first-order valence-corrected chi connectivity index (χ1v) is 14.0. The number of nitriles is 1. The van der Waals surface area contributed by atoms with Crippen molar-refractivity contribution in [1.82, 2.24) is 19.8 Å². The van der Waals surface area contributed by atoms with E-state index in [4.69, 9.17) is 9.26 Å². The first-order valence-electron chi connectivity index (χ1n) is 12.3. The van der Waals surface area contributed by atoms with Crippen LogP contribution in [0.15, 0.2) is 40.9 Å². The molecule has 1 aromatic heterocycles. The van der Waals surface area contributed by atoms with Gasteiger partial charge in [0.1, 0.15) is 23.8 Å². The van der Waals surface area contributed by atoms with Crippen LogP contribution in [0.3, 0.4) is 0 Å². The number of nitrogens with one attached hydrogen (secondary N) is 1. The molecule has 2 aliphatic rings. The van der Waals surface area contributed by atoms with E-state index in [1.54, 1.807) is 23.1 Å². The Morgan fingerprint density at radius 3 is 2.81 bits per heavy atom. The topological polar surface area (TPSA) is 142 Å². The normalized spacial score (nSPS) is 18.3. The van der Waals surface area contributed by atoms with Gasteiger partial charge in [-0.05, 0) is 62.4 Å². The first-order chi connectivity index (χ1) is 17.7. The fraction of sp³-hybridized carbons (Fsp3) is 0.423. The second kappa shape index (κ2) is 10.2. The van der Waals surface area contributed by atoms with Gasteiger partial charge in [-0.15, -0.1) is 0 Å². The van der Waals surface area contributed by atoms with E-state index in [0.717, 1.165) is 23.1 Å². The minimum atomic E-state index is -3.68. The Morgan fingerprint density at radius 2 is 2.11 bits per heavy atom. The van der Waals surface area contributed by atoms with Crippen molar-refractivity contribution in [2.75, 3.05) is 18.8 Å². The Kier molecular flexibility index (Phi) is 7.00. The lowest BCUT2D eigenvalue weighted by atomic mass is 10.0. The Labute approximate surface area is 215 Å². The van der Waals surface area contributed by atoms with Crippen LogP contribution in [-0.4, -0.2) is 59.7 Å². The minimum Gasteiger partial charge on any atom is -0.490 e. The van der Waals surface area contributed by atoms with Crippen LogP contribution >= 0.6 is 0 Å². The maximum atomic E-state index is 12.7. The summed E-state index contributed by atoms with van der Waals surface area (Å²) < 4.78 is 39.4. The fourth-order valence-corrected chi connectivity index (χ4v) is 6.13. The molecule has 0 radical (unpaired) electrons. The molecule has 10 nitrogen and oxygen atoms in total. The SMILES string of the molecule is CC(C)Oc1ccc(-c2nc(-c3cccc4c3CC[C@H]4NS(=O)(=O)CC(O)N3CCC3)no2)cc1C#N. The molecule has 5 rings (SSSR count). The number of ether oxygens (including phenoxy) is 1. The molecular formula is C26H29N5O5S. The molecule has 0 saturated carbocycles. The lowest BCUT2D eigenvalue weighted by Crippen LogP contribution is -2.49. The van der Waals surface area contributed by atoms with E-state index >= 15 is 0 Å². The molecule has 2 atom stereocenters. The minimum absolute atomic E-state index is 0.0629. The third kappa shape index (κ3) is 5.38. The standard InChI is InChI=1S/C26H29N5O5S/c1-16(2)35-23-10-7-17(13-18(23)14-27)26-28-25(29-36-26)21-6-3-5-20-19(21)8-9-22(20)30-37(33,34)15-24(32)31-11-4-12-31/h3,5-7,10,13,16,22,24,30,32H,4,8-9,11-12,15H2,1-2H3/t22-,24?/m1/s1. The summed E-state index contributed by atoms with van der Waals surface area (Å²) in [6.45, 7) is 5.22. The molecule has 1 unspecified atom stereocenters. The molecule has 194 valence electrons. The van der Waals surface area contributed by atoms with E-state index in [1.165, 1.54) is 0 Å². The highest BCUT2D eigenvalue weighted by Gasteiger charge is 2.32. The second-order valence-electron chi connectivity index (χ2n) is 9.65. The molecule has 1 fully saturated rings. The van der Waals surface area contributed by atoms with Crippen molar-refractivity contribution in [1.29, 1.82) is 5.26 Å². The number of rotatable bonds is 9. The summed E-state index contributed by atoms with van der Waals surface area (Å²) in [6.07, 6.45) is 1.16. The number of sulfonamides is 1. The molecule has 37 heavy (non-hydrogen) atoms. The number of nitrogens with zero attached hydrogens (tertiary/aromatic N) is 4. The van der Waals surface area contributed by atoms with Gasteiger partial charge < -0.3 is 14.4 Å². The van der Waals surface area contributed by atoms with Crippen LogP contribution < -0.4 is 9.46 Å². The highest BCUT2D eigenvalue weighted by molar-refractivity contribution is 7.89. The van der Waals surface area contributed by atoms with Crippen molar-refractivity contribution in [2.24, 2.45) is 0 Å². The van der Waals surface area contributed by atoms with Crippen LogP contribution in [0.1, 0.15) is 49.4 Å². The molecule has 2 heterocycles. The number of hydrogen-bond donors (Lipinski definition) is 2. The van der Waals surface area contributed by atoms with Gasteiger partial charge in [0.2, 0.25) is 15.8 Å². The molecule has 1 saturated heterocycles. The zero-order valence-electron chi connectivity index (χ0n) is 20.7. The Morgan fingerprint density at radius 1 is 1.30 bits per heavy atom. The van der Waals surface area contributed by atoms with Crippen LogP contribution in [-0.2, 0) is 16.4 Å². The van der Waals surface area contributed by atoms with Gasteiger partial charge in [0.05, 0.1) is 11.7 Å². The average molecular weight is 524 g/mol. The second-order valence-corrected chi connectivity index (χ2v) is 11.4. The van der Waals surface area contributed by atoms with Crippen molar-refractivity contribution in [3.8, 4) is 34.7 Å². The quantitative estimate of drug-likeness (QED) is 0.433. The molecule has 11 heteroatoms. The number of aliphatic hydroxyl groups is 1. The lowest BCUT2D eigenvalue weighted by molar-refractivity contribution is -0.0183. The molecule has 0 spiro atoms. The van der Waals surface area contributed by atoms with Gasteiger partial charge in [0, 0.05) is 30.3 Å². The zero-order valence-corrected chi connectivity index (χ0v) is 21.5. The van der Waals surface area contributed by atoms with E-state index in [-0.39, 0.29) is 23.8 Å². The molecule has 1 aliphatic carbocycles.